The maximum Gasteiger partial charge on any atom is 0.0729 e. The van der Waals surface area contributed by atoms with Gasteiger partial charge in [-0.3, -0.25) is 4.68 Å². The number of ether oxygens (including phenoxy) is 1. The zero-order valence-electron chi connectivity index (χ0n) is 12.0. The third-order valence-electron chi connectivity index (χ3n) is 2.82. The normalized spacial score (nSPS) is 12.8. The number of rotatable bonds is 10. The van der Waals surface area contributed by atoms with Crippen molar-refractivity contribution in [2.24, 2.45) is 0 Å². The Morgan fingerprint density at radius 2 is 2.11 bits per heavy atom. The van der Waals surface area contributed by atoms with Crippen LogP contribution in [-0.2, 0) is 11.3 Å². The van der Waals surface area contributed by atoms with Gasteiger partial charge in [-0.25, -0.2) is 0 Å². The van der Waals surface area contributed by atoms with Gasteiger partial charge in [0.1, 0.15) is 0 Å². The van der Waals surface area contributed by atoms with Crippen molar-refractivity contribution < 1.29 is 4.74 Å². The molecule has 0 amide bonds. The monoisotopic (exact) mass is 253 g/mol. The number of aromatic nitrogens is 2. The Kier molecular flexibility index (Phi) is 7.69. The van der Waals surface area contributed by atoms with E-state index >= 15 is 0 Å². The zero-order chi connectivity index (χ0) is 13.2. The molecule has 4 nitrogen and oxygen atoms in total. The van der Waals surface area contributed by atoms with Crippen LogP contribution in [-0.4, -0.2) is 29.5 Å². The molecule has 1 aromatic rings. The van der Waals surface area contributed by atoms with Gasteiger partial charge in [-0.05, 0) is 31.9 Å². The minimum absolute atomic E-state index is 0.255. The van der Waals surface area contributed by atoms with Crippen LogP contribution < -0.4 is 5.32 Å². The van der Waals surface area contributed by atoms with Crippen molar-refractivity contribution in [1.82, 2.24) is 15.1 Å². The molecule has 0 aliphatic heterocycles. The number of nitrogens with zero attached hydrogens (tertiary/aromatic N) is 2. The second kappa shape index (κ2) is 9.11. The minimum Gasteiger partial charge on any atom is -0.379 e. The van der Waals surface area contributed by atoms with Crippen LogP contribution in [0.4, 0.5) is 0 Å². The first kappa shape index (κ1) is 15.2. The molecular weight excluding hydrogens is 226 g/mol. The van der Waals surface area contributed by atoms with Crippen LogP contribution in [0.3, 0.4) is 0 Å². The summed E-state index contributed by atoms with van der Waals surface area (Å²) in [5.74, 6) is 0. The largest absolute Gasteiger partial charge is 0.379 e. The van der Waals surface area contributed by atoms with Gasteiger partial charge in [0.15, 0.2) is 0 Å². The summed E-state index contributed by atoms with van der Waals surface area (Å²) in [6.07, 6.45) is 5.18. The van der Waals surface area contributed by atoms with Crippen LogP contribution in [0.5, 0.6) is 0 Å². The van der Waals surface area contributed by atoms with Crippen molar-refractivity contribution in [3.05, 3.63) is 18.0 Å². The first-order chi connectivity index (χ1) is 8.83. The van der Waals surface area contributed by atoms with Crippen LogP contribution in [0, 0.1) is 0 Å². The van der Waals surface area contributed by atoms with Gasteiger partial charge in [0, 0.05) is 19.3 Å². The van der Waals surface area contributed by atoms with E-state index in [1.165, 1.54) is 5.69 Å². The summed E-state index contributed by atoms with van der Waals surface area (Å²) >= 11 is 0. The molecule has 4 heteroatoms. The second-order valence-electron chi connectivity index (χ2n) is 4.56. The van der Waals surface area contributed by atoms with Gasteiger partial charge in [-0.1, -0.05) is 20.8 Å². The van der Waals surface area contributed by atoms with Gasteiger partial charge in [-0.2, -0.15) is 5.10 Å². The van der Waals surface area contributed by atoms with Crippen LogP contribution in [0.1, 0.15) is 51.8 Å². The quantitative estimate of drug-likeness (QED) is 0.652. The Balaban J connectivity index is 2.63. The van der Waals surface area contributed by atoms with E-state index in [0.29, 0.717) is 0 Å². The summed E-state index contributed by atoms with van der Waals surface area (Å²) in [7, 11) is 0. The Labute approximate surface area is 111 Å². The fraction of sp³-hybridized carbons (Fsp3) is 0.786. The van der Waals surface area contributed by atoms with Crippen molar-refractivity contribution in [2.75, 3.05) is 19.8 Å². The first-order valence-electron chi connectivity index (χ1n) is 7.16. The maximum atomic E-state index is 5.70. The van der Waals surface area contributed by atoms with Crippen molar-refractivity contribution in [2.45, 2.75) is 52.6 Å². The van der Waals surface area contributed by atoms with Crippen molar-refractivity contribution >= 4 is 0 Å². The zero-order valence-corrected chi connectivity index (χ0v) is 12.0. The van der Waals surface area contributed by atoms with Crippen LogP contribution in [0.2, 0.25) is 0 Å². The molecular formula is C14H27N3O. The fourth-order valence-electron chi connectivity index (χ4n) is 1.95. The van der Waals surface area contributed by atoms with Crippen LogP contribution in [0.25, 0.3) is 0 Å². The SMILES string of the molecule is CCCNC(COCCC)c1ccnn1CCC. The maximum absolute atomic E-state index is 5.70. The lowest BCUT2D eigenvalue weighted by Gasteiger charge is -2.20. The minimum atomic E-state index is 0.255. The summed E-state index contributed by atoms with van der Waals surface area (Å²) in [5, 5.41) is 7.93. The molecule has 0 radical (unpaired) electrons. The van der Waals surface area contributed by atoms with E-state index < -0.39 is 0 Å². The van der Waals surface area contributed by atoms with Crippen molar-refractivity contribution in [3.8, 4) is 0 Å². The molecule has 0 spiro atoms. The topological polar surface area (TPSA) is 39.1 Å². The second-order valence-corrected chi connectivity index (χ2v) is 4.56. The van der Waals surface area contributed by atoms with E-state index in [1.807, 2.05) is 6.20 Å². The van der Waals surface area contributed by atoms with Gasteiger partial charge >= 0.3 is 0 Å². The third-order valence-corrected chi connectivity index (χ3v) is 2.82. The molecule has 104 valence electrons. The summed E-state index contributed by atoms with van der Waals surface area (Å²) < 4.78 is 7.78. The lowest BCUT2D eigenvalue weighted by Crippen LogP contribution is -2.29. The third kappa shape index (κ3) is 4.78. The molecule has 1 atom stereocenters. The summed E-state index contributed by atoms with van der Waals surface area (Å²) in [6.45, 7) is 10.0. The van der Waals surface area contributed by atoms with E-state index in [1.54, 1.807) is 0 Å². The standard InChI is InChI=1S/C14H27N3O/c1-4-8-15-13(12-18-11-6-3)14-7-9-16-17(14)10-5-2/h7,9,13,15H,4-6,8,10-12H2,1-3H3. The molecule has 1 N–H and O–H groups in total. The molecule has 0 aliphatic carbocycles. The molecule has 0 fully saturated rings. The molecule has 0 aliphatic rings. The van der Waals surface area contributed by atoms with Gasteiger partial charge < -0.3 is 10.1 Å². The van der Waals surface area contributed by atoms with E-state index in [-0.39, 0.29) is 6.04 Å². The van der Waals surface area contributed by atoms with E-state index in [0.717, 1.165) is 45.6 Å². The Morgan fingerprint density at radius 1 is 1.28 bits per heavy atom. The first-order valence-corrected chi connectivity index (χ1v) is 7.16. The number of aryl methyl sites for hydroxylation is 1. The smallest absolute Gasteiger partial charge is 0.0729 e. The molecule has 1 aromatic heterocycles. The fourth-order valence-corrected chi connectivity index (χ4v) is 1.95. The van der Waals surface area contributed by atoms with Gasteiger partial charge in [0.25, 0.3) is 0 Å². The van der Waals surface area contributed by atoms with Gasteiger partial charge in [0.2, 0.25) is 0 Å². The highest BCUT2D eigenvalue weighted by Crippen LogP contribution is 2.14. The Hall–Kier alpha value is -0.870. The summed E-state index contributed by atoms with van der Waals surface area (Å²) in [5.41, 5.74) is 1.24. The van der Waals surface area contributed by atoms with Gasteiger partial charge in [0.05, 0.1) is 18.3 Å². The predicted octanol–water partition coefficient (Wildman–Crippen LogP) is 2.76. The lowest BCUT2D eigenvalue weighted by atomic mass is 10.2. The molecule has 18 heavy (non-hydrogen) atoms. The number of hydrogen-bond acceptors (Lipinski definition) is 3. The van der Waals surface area contributed by atoms with Crippen LogP contribution in [0.15, 0.2) is 12.3 Å². The highest BCUT2D eigenvalue weighted by atomic mass is 16.5. The highest BCUT2D eigenvalue weighted by molar-refractivity contribution is 5.07. The summed E-state index contributed by atoms with van der Waals surface area (Å²) in [4.78, 5) is 0. The van der Waals surface area contributed by atoms with Crippen molar-refractivity contribution in [3.63, 3.8) is 0 Å². The van der Waals surface area contributed by atoms with E-state index in [4.69, 9.17) is 4.74 Å². The molecule has 0 bridgehead atoms. The predicted molar refractivity (Wildman–Crippen MR) is 74.7 cm³/mol. The Bertz CT molecular complexity index is 312. The number of nitrogens with one attached hydrogen (secondary N) is 1. The van der Waals surface area contributed by atoms with Crippen molar-refractivity contribution in [1.29, 1.82) is 0 Å². The average molecular weight is 253 g/mol. The van der Waals surface area contributed by atoms with Gasteiger partial charge in [-0.15, -0.1) is 0 Å². The Morgan fingerprint density at radius 3 is 2.78 bits per heavy atom. The average Bonchev–Trinajstić information content (AvgIpc) is 2.82. The highest BCUT2D eigenvalue weighted by Gasteiger charge is 2.15. The van der Waals surface area contributed by atoms with E-state index in [2.05, 4.69) is 41.9 Å². The number of hydrogen-bond donors (Lipinski definition) is 1. The lowest BCUT2D eigenvalue weighted by molar-refractivity contribution is 0.109. The molecule has 0 saturated carbocycles. The molecule has 1 heterocycles. The van der Waals surface area contributed by atoms with Crippen LogP contribution >= 0.6 is 0 Å². The molecule has 1 rings (SSSR count). The summed E-state index contributed by atoms with van der Waals surface area (Å²) in [6, 6.07) is 2.35. The molecule has 0 saturated heterocycles. The molecule has 1 unspecified atom stereocenters. The molecule has 0 aromatic carbocycles. The van der Waals surface area contributed by atoms with E-state index in [9.17, 15) is 0 Å².